The molecule has 0 amide bonds. The van der Waals surface area contributed by atoms with E-state index in [0.717, 1.165) is 12.8 Å². The average molecular weight is 869 g/mol. The van der Waals surface area contributed by atoms with Crippen molar-refractivity contribution < 1.29 is 51.7 Å². The summed E-state index contributed by atoms with van der Waals surface area (Å²) in [5.74, 6) is 0. The van der Waals surface area contributed by atoms with Crippen LogP contribution in [0.1, 0.15) is 38.8 Å². The molecule has 41 heavy (non-hydrogen) atoms. The Labute approximate surface area is 287 Å². The van der Waals surface area contributed by atoms with Crippen LogP contribution in [-0.2, 0) is 64.5 Å². The zero-order valence-corrected chi connectivity index (χ0v) is 32.7. The predicted molar refractivity (Wildman–Crippen MR) is 177 cm³/mol. The number of benzene rings is 4. The maximum Gasteiger partial charge on any atom is 0 e. The molecular formula is C39H43Hf2-5. The van der Waals surface area contributed by atoms with Crippen LogP contribution in [0.15, 0.2) is 121 Å². The Morgan fingerprint density at radius 1 is 0.512 bits per heavy atom. The number of aryl methyl sites for hydroxylation is 2. The molecule has 0 saturated carbocycles. The normalized spacial score (nSPS) is 9.46. The second-order valence-corrected chi connectivity index (χ2v) is 9.36. The molecule has 6 rings (SSSR count). The molecule has 0 heterocycles. The van der Waals surface area contributed by atoms with E-state index in [2.05, 4.69) is 135 Å². The molecule has 0 saturated heterocycles. The number of hydrogen-bond acceptors (Lipinski definition) is 0. The summed E-state index contributed by atoms with van der Waals surface area (Å²) in [6.07, 6.45) is 4.20. The smallest absolute Gasteiger partial charge is 0 e. The van der Waals surface area contributed by atoms with E-state index in [1.165, 1.54) is 54.9 Å². The molecule has 0 unspecified atom stereocenters. The molecule has 0 atom stereocenters. The third-order valence-corrected chi connectivity index (χ3v) is 6.61. The molecule has 2 heteroatoms. The molecule has 0 N–H and O–H groups in total. The molecule has 6 aromatic rings. The quantitative estimate of drug-likeness (QED) is 0.122. The summed E-state index contributed by atoms with van der Waals surface area (Å²) in [5.41, 5.74) is 8.11. The van der Waals surface area contributed by atoms with Crippen molar-refractivity contribution >= 4 is 21.5 Å². The molecule has 0 aliphatic carbocycles. The van der Waals surface area contributed by atoms with Crippen LogP contribution >= 0.6 is 0 Å². The van der Waals surface area contributed by atoms with Crippen LogP contribution in [0.25, 0.3) is 43.8 Å². The van der Waals surface area contributed by atoms with Crippen LogP contribution in [0.5, 0.6) is 0 Å². The molecule has 0 aromatic heterocycles. The third kappa shape index (κ3) is 9.97. The van der Waals surface area contributed by atoms with Crippen LogP contribution in [0.4, 0.5) is 0 Å². The van der Waals surface area contributed by atoms with Gasteiger partial charge in [-0.3, -0.25) is 0 Å². The minimum Gasteiger partial charge on any atom is -0.358 e. The van der Waals surface area contributed by atoms with Gasteiger partial charge in [-0.15, -0.1) is 69.1 Å². The SMILES string of the molecule is CCc1cc2c(-c3ccccc3)cccc2[cH-]1.CCc1cc2c(-c3ccccc3)cccc2[cH-]1.C[CH-]C.[CH3-].[CH3-].[Hf].[Hf]. The predicted octanol–water partition coefficient (Wildman–Crippen LogP) is 11.7. The van der Waals surface area contributed by atoms with E-state index in [1.54, 1.807) is 0 Å². The molecule has 0 bridgehead atoms. The van der Waals surface area contributed by atoms with Crippen molar-refractivity contribution in [3.63, 3.8) is 0 Å². The number of rotatable bonds is 4. The maximum absolute atomic E-state index is 2.32. The molecule has 0 radical (unpaired) electrons. The van der Waals surface area contributed by atoms with Gasteiger partial charge in [0.2, 0.25) is 0 Å². The second kappa shape index (κ2) is 19.9. The van der Waals surface area contributed by atoms with Gasteiger partial charge >= 0.3 is 0 Å². The fourth-order valence-corrected chi connectivity index (χ4v) is 4.74. The van der Waals surface area contributed by atoms with E-state index in [0.29, 0.717) is 0 Å². The fourth-order valence-electron chi connectivity index (χ4n) is 4.74. The first-order valence-electron chi connectivity index (χ1n) is 13.4. The topological polar surface area (TPSA) is 0 Å². The largest absolute Gasteiger partial charge is 0.358 e. The zero-order chi connectivity index (χ0) is 26.0. The summed E-state index contributed by atoms with van der Waals surface area (Å²) in [4.78, 5) is 0. The molecule has 6 aromatic carbocycles. The average Bonchev–Trinajstić information content (AvgIpc) is 3.58. The summed E-state index contributed by atoms with van der Waals surface area (Å²) in [6.45, 7) is 8.41. The van der Waals surface area contributed by atoms with Gasteiger partial charge in [-0.2, -0.15) is 26.0 Å². The fraction of sp³-hybridized carbons (Fsp3) is 0.154. The third-order valence-electron chi connectivity index (χ3n) is 6.61. The molecule has 0 fully saturated rings. The van der Waals surface area contributed by atoms with E-state index < -0.39 is 0 Å². The van der Waals surface area contributed by atoms with Crippen molar-refractivity contribution in [2.75, 3.05) is 0 Å². The van der Waals surface area contributed by atoms with E-state index in [-0.39, 0.29) is 66.5 Å². The van der Waals surface area contributed by atoms with E-state index in [9.17, 15) is 0 Å². The summed E-state index contributed by atoms with van der Waals surface area (Å²) < 4.78 is 0. The first-order chi connectivity index (χ1) is 18.2. The Balaban J connectivity index is 0.000000654. The van der Waals surface area contributed by atoms with Gasteiger partial charge in [0.1, 0.15) is 0 Å². The molecular weight excluding hydrogens is 825 g/mol. The summed E-state index contributed by atoms with van der Waals surface area (Å²) in [5, 5.41) is 5.44. The van der Waals surface area contributed by atoms with Gasteiger partial charge in [-0.1, -0.05) is 97.8 Å². The van der Waals surface area contributed by atoms with E-state index in [1.807, 2.05) is 20.3 Å². The number of hydrogen-bond donors (Lipinski definition) is 0. The van der Waals surface area contributed by atoms with Gasteiger partial charge in [0.05, 0.1) is 0 Å². The summed E-state index contributed by atoms with van der Waals surface area (Å²) >= 11 is 0. The van der Waals surface area contributed by atoms with Crippen molar-refractivity contribution in [1.29, 1.82) is 0 Å². The van der Waals surface area contributed by atoms with E-state index >= 15 is 0 Å². The van der Waals surface area contributed by atoms with Gasteiger partial charge < -0.3 is 21.3 Å². The van der Waals surface area contributed by atoms with Crippen molar-refractivity contribution in [2.45, 2.75) is 40.5 Å². The Morgan fingerprint density at radius 2 is 0.854 bits per heavy atom. The molecule has 0 aliphatic rings. The van der Waals surface area contributed by atoms with Crippen LogP contribution < -0.4 is 0 Å². The Hall–Kier alpha value is -2.16. The van der Waals surface area contributed by atoms with E-state index in [4.69, 9.17) is 0 Å². The van der Waals surface area contributed by atoms with Crippen molar-refractivity contribution in [3.05, 3.63) is 154 Å². The summed E-state index contributed by atoms with van der Waals surface area (Å²) in [6, 6.07) is 43.5. The van der Waals surface area contributed by atoms with Crippen LogP contribution in [0.2, 0.25) is 0 Å². The minimum atomic E-state index is 0. The Morgan fingerprint density at radius 3 is 1.17 bits per heavy atom. The second-order valence-electron chi connectivity index (χ2n) is 9.36. The molecule has 0 nitrogen and oxygen atoms in total. The van der Waals surface area contributed by atoms with Crippen LogP contribution in [0, 0.1) is 21.3 Å². The minimum absolute atomic E-state index is 0. The van der Waals surface area contributed by atoms with Crippen LogP contribution in [-0.4, -0.2) is 0 Å². The van der Waals surface area contributed by atoms with Gasteiger partial charge in [0.15, 0.2) is 0 Å². The standard InChI is InChI=1S/2C17H15.C3H7.2CH3.2Hf/c2*1-2-13-11-15-9-6-10-16(17(15)12-13)14-7-4-3-5-8-14;1-3-2;;;;/h2*3-12H,2H2,1H3;3H,1-2H3;2*1H3;;/q5*-1;;. The Bertz CT molecular complexity index is 1400. The Kier molecular flexibility index (Phi) is 18.8. The zero-order valence-electron chi connectivity index (χ0n) is 25.5. The first kappa shape index (κ1) is 38.8. The molecule has 212 valence electrons. The first-order valence-corrected chi connectivity index (χ1v) is 13.4. The summed E-state index contributed by atoms with van der Waals surface area (Å²) in [7, 11) is 0. The van der Waals surface area contributed by atoms with Gasteiger partial charge in [0.25, 0.3) is 0 Å². The van der Waals surface area contributed by atoms with Crippen molar-refractivity contribution in [1.82, 2.24) is 0 Å². The van der Waals surface area contributed by atoms with Crippen molar-refractivity contribution in [2.24, 2.45) is 0 Å². The maximum atomic E-state index is 2.32. The molecule has 0 spiro atoms. The van der Waals surface area contributed by atoms with Gasteiger partial charge in [-0.25, -0.2) is 0 Å². The number of fused-ring (bicyclic) bond motifs is 2. The monoisotopic (exact) mass is 871 g/mol. The van der Waals surface area contributed by atoms with Gasteiger partial charge in [-0.05, 0) is 24.0 Å². The van der Waals surface area contributed by atoms with Crippen LogP contribution in [0.3, 0.4) is 0 Å². The van der Waals surface area contributed by atoms with Gasteiger partial charge in [0, 0.05) is 51.7 Å². The molecule has 0 aliphatic heterocycles. The van der Waals surface area contributed by atoms with Crippen molar-refractivity contribution in [3.8, 4) is 22.3 Å².